The molecule has 0 saturated heterocycles. The first-order chi connectivity index (χ1) is 14.6. The summed E-state index contributed by atoms with van der Waals surface area (Å²) in [5.41, 5.74) is 4.37. The number of para-hydroxylation sites is 2. The highest BCUT2D eigenvalue weighted by Gasteiger charge is 2.26. The van der Waals surface area contributed by atoms with Gasteiger partial charge in [-0.1, -0.05) is 12.1 Å². The van der Waals surface area contributed by atoms with Gasteiger partial charge < -0.3 is 14.7 Å². The Hall–Kier alpha value is -3.52. The molecule has 8 heteroatoms. The molecule has 30 heavy (non-hydrogen) atoms. The number of imidazole rings is 1. The number of nitrogens with one attached hydrogen (secondary N) is 1. The fraction of sp³-hybridized carbons (Fsp3) is 0.273. The molecule has 0 spiro atoms. The van der Waals surface area contributed by atoms with E-state index in [0.717, 1.165) is 29.4 Å². The molecule has 1 fully saturated rings. The number of carbonyl (C=O) groups is 1. The molecule has 0 unspecified atom stereocenters. The minimum absolute atomic E-state index is 0.103. The van der Waals surface area contributed by atoms with E-state index in [9.17, 15) is 9.90 Å². The van der Waals surface area contributed by atoms with Gasteiger partial charge in [0.15, 0.2) is 0 Å². The van der Waals surface area contributed by atoms with E-state index in [1.54, 1.807) is 29.2 Å². The molecule has 2 atom stereocenters. The Morgan fingerprint density at radius 3 is 2.90 bits per heavy atom. The van der Waals surface area contributed by atoms with Gasteiger partial charge in [0.1, 0.15) is 0 Å². The molecular weight excluding hydrogens is 380 g/mol. The van der Waals surface area contributed by atoms with Crippen LogP contribution in [0.1, 0.15) is 35.7 Å². The first-order valence-electron chi connectivity index (χ1n) is 10.00. The number of hydrogen-bond donors (Lipinski definition) is 2. The number of aromatic amines is 1. The second kappa shape index (κ2) is 7.38. The Bertz CT molecular complexity index is 1300. The molecule has 152 valence electrons. The number of nitrogens with zero attached hydrogens (tertiary/aromatic N) is 5. The first-order valence-corrected chi connectivity index (χ1v) is 10.00. The van der Waals surface area contributed by atoms with E-state index >= 15 is 0 Å². The van der Waals surface area contributed by atoms with Crippen molar-refractivity contribution in [3.63, 3.8) is 0 Å². The van der Waals surface area contributed by atoms with Gasteiger partial charge in [-0.25, -0.2) is 0 Å². The molecular formula is C22H22N6O2. The Balaban J connectivity index is 1.57. The van der Waals surface area contributed by atoms with Crippen LogP contribution in [-0.2, 0) is 7.05 Å². The number of aliphatic hydroxyl groups excluding tert-OH is 1. The standard InChI is InChI=1S/C22H22N6O2/c1-27-13-15(12-24-27)19-10-14(8-9-23-19)21(30)26-22-25-18-4-2-3-5-20(18)28(22)16-6-7-17(29)11-16/h2-5,8-10,12-13,16-17,29H,6-7,11H2,1H3,(H,25,26,30)/t16-,17-/m0/s1. The van der Waals surface area contributed by atoms with Crippen LogP contribution in [-0.4, -0.2) is 41.4 Å². The van der Waals surface area contributed by atoms with Crippen LogP contribution in [0.4, 0.5) is 0 Å². The molecule has 0 bridgehead atoms. The van der Waals surface area contributed by atoms with Crippen molar-refractivity contribution >= 4 is 16.9 Å². The largest absolute Gasteiger partial charge is 0.393 e. The van der Waals surface area contributed by atoms with Gasteiger partial charge in [-0.3, -0.25) is 14.5 Å². The third-order valence-corrected chi connectivity index (χ3v) is 5.60. The van der Waals surface area contributed by atoms with Gasteiger partial charge in [-0.2, -0.15) is 10.1 Å². The van der Waals surface area contributed by atoms with Crippen molar-refractivity contribution in [1.29, 1.82) is 0 Å². The summed E-state index contributed by atoms with van der Waals surface area (Å²) in [6.07, 6.45) is 7.12. The number of aryl methyl sites for hydroxylation is 1. The lowest BCUT2D eigenvalue weighted by Gasteiger charge is -2.13. The van der Waals surface area contributed by atoms with Crippen molar-refractivity contribution in [2.75, 3.05) is 0 Å². The van der Waals surface area contributed by atoms with Crippen LogP contribution < -0.4 is 5.62 Å². The molecule has 1 amide bonds. The van der Waals surface area contributed by atoms with Gasteiger partial charge in [0.25, 0.3) is 5.91 Å². The van der Waals surface area contributed by atoms with E-state index in [4.69, 9.17) is 0 Å². The maximum atomic E-state index is 13.0. The monoisotopic (exact) mass is 402 g/mol. The molecule has 1 aromatic carbocycles. The molecule has 3 aromatic heterocycles. The van der Waals surface area contributed by atoms with Crippen molar-refractivity contribution in [2.45, 2.75) is 31.4 Å². The highest BCUT2D eigenvalue weighted by Crippen LogP contribution is 2.31. The second-order valence-corrected chi connectivity index (χ2v) is 7.71. The molecule has 8 nitrogen and oxygen atoms in total. The van der Waals surface area contributed by atoms with Gasteiger partial charge in [0.05, 0.1) is 29.0 Å². The summed E-state index contributed by atoms with van der Waals surface area (Å²) in [5.74, 6) is -0.346. The number of hydrogen-bond acceptors (Lipinski definition) is 4. The molecule has 5 rings (SSSR count). The van der Waals surface area contributed by atoms with E-state index in [1.807, 2.05) is 42.1 Å². The van der Waals surface area contributed by atoms with E-state index in [2.05, 4.69) is 20.1 Å². The predicted octanol–water partition coefficient (Wildman–Crippen LogP) is 2.59. The Morgan fingerprint density at radius 1 is 1.27 bits per heavy atom. The fourth-order valence-corrected chi connectivity index (χ4v) is 4.14. The summed E-state index contributed by atoms with van der Waals surface area (Å²) in [4.78, 5) is 25.0. The predicted molar refractivity (Wildman–Crippen MR) is 112 cm³/mol. The summed E-state index contributed by atoms with van der Waals surface area (Å²) >= 11 is 0. The summed E-state index contributed by atoms with van der Waals surface area (Å²) < 4.78 is 3.74. The van der Waals surface area contributed by atoms with Crippen LogP contribution >= 0.6 is 0 Å². The van der Waals surface area contributed by atoms with E-state index in [1.165, 1.54) is 0 Å². The number of aromatic nitrogens is 5. The van der Waals surface area contributed by atoms with Gasteiger partial charge in [0, 0.05) is 36.6 Å². The van der Waals surface area contributed by atoms with Gasteiger partial charge >= 0.3 is 0 Å². The number of rotatable bonds is 3. The zero-order valence-corrected chi connectivity index (χ0v) is 16.6. The average Bonchev–Trinajstić information content (AvgIpc) is 3.46. The number of benzene rings is 1. The number of aliphatic hydroxyl groups is 1. The van der Waals surface area contributed by atoms with Crippen LogP contribution in [0, 0.1) is 0 Å². The lowest BCUT2D eigenvalue weighted by atomic mass is 10.1. The lowest BCUT2D eigenvalue weighted by molar-refractivity contribution is 0.0996. The average molecular weight is 402 g/mol. The quantitative estimate of drug-likeness (QED) is 0.550. The Labute approximate surface area is 172 Å². The maximum Gasteiger partial charge on any atom is 0.280 e. The maximum absolute atomic E-state index is 13.0. The van der Waals surface area contributed by atoms with Crippen LogP contribution in [0.3, 0.4) is 0 Å². The van der Waals surface area contributed by atoms with E-state index < -0.39 is 0 Å². The Morgan fingerprint density at radius 2 is 2.13 bits per heavy atom. The lowest BCUT2D eigenvalue weighted by Crippen LogP contribution is -2.24. The van der Waals surface area contributed by atoms with Gasteiger partial charge in [-0.05, 0) is 43.5 Å². The summed E-state index contributed by atoms with van der Waals surface area (Å²) in [5, 5.41) is 14.2. The molecule has 0 radical (unpaired) electrons. The zero-order valence-electron chi connectivity index (χ0n) is 16.6. The summed E-state index contributed by atoms with van der Waals surface area (Å²) in [6.45, 7) is 0. The number of amides is 1. The topological polar surface area (TPSA) is 101 Å². The van der Waals surface area contributed by atoms with Crippen LogP contribution in [0.15, 0.2) is 60.0 Å². The third-order valence-electron chi connectivity index (χ3n) is 5.60. The van der Waals surface area contributed by atoms with Crippen molar-refractivity contribution in [1.82, 2.24) is 24.3 Å². The number of fused-ring (bicyclic) bond motifs is 1. The molecule has 3 heterocycles. The highest BCUT2D eigenvalue weighted by atomic mass is 16.3. The smallest absolute Gasteiger partial charge is 0.280 e. The fourth-order valence-electron chi connectivity index (χ4n) is 4.14. The van der Waals surface area contributed by atoms with Crippen LogP contribution in [0.2, 0.25) is 0 Å². The zero-order chi connectivity index (χ0) is 20.7. The van der Waals surface area contributed by atoms with Crippen molar-refractivity contribution in [2.24, 2.45) is 12.0 Å². The number of carbonyl (C=O) groups excluding carboxylic acids is 1. The minimum Gasteiger partial charge on any atom is -0.393 e. The summed E-state index contributed by atoms with van der Waals surface area (Å²) in [6, 6.07) is 11.4. The molecule has 1 aliphatic carbocycles. The van der Waals surface area contributed by atoms with Gasteiger partial charge in [0.2, 0.25) is 5.62 Å². The molecule has 0 aliphatic heterocycles. The first kappa shape index (κ1) is 18.5. The van der Waals surface area contributed by atoms with Crippen LogP contribution in [0.25, 0.3) is 22.3 Å². The highest BCUT2D eigenvalue weighted by molar-refractivity contribution is 5.95. The van der Waals surface area contributed by atoms with E-state index in [0.29, 0.717) is 23.3 Å². The SMILES string of the molecule is Cn1cc(-c2cc(C(=O)/N=c3\[nH]c4ccccc4n3[C@H]3CC[C@H](O)C3)ccn2)cn1. The second-order valence-electron chi connectivity index (χ2n) is 7.71. The van der Waals surface area contributed by atoms with Crippen molar-refractivity contribution < 1.29 is 9.90 Å². The number of pyridine rings is 1. The number of H-pyrrole nitrogens is 1. The van der Waals surface area contributed by atoms with Crippen molar-refractivity contribution in [3.8, 4) is 11.3 Å². The van der Waals surface area contributed by atoms with E-state index in [-0.39, 0.29) is 18.1 Å². The third kappa shape index (κ3) is 3.35. The minimum atomic E-state index is -0.346. The molecule has 1 saturated carbocycles. The molecule has 4 aromatic rings. The normalized spacial score (nSPS) is 19.6. The molecule has 2 N–H and O–H groups in total. The van der Waals surface area contributed by atoms with Gasteiger partial charge in [-0.15, -0.1) is 0 Å². The van der Waals surface area contributed by atoms with Crippen LogP contribution in [0.5, 0.6) is 0 Å². The Kier molecular flexibility index (Phi) is 4.55. The van der Waals surface area contributed by atoms with Crippen molar-refractivity contribution in [3.05, 3.63) is 66.2 Å². The molecule has 1 aliphatic rings. The summed E-state index contributed by atoms with van der Waals surface area (Å²) in [7, 11) is 1.84.